The van der Waals surface area contributed by atoms with Gasteiger partial charge in [0.25, 0.3) is 0 Å². The molecular formula is C12H15BrO2. The Morgan fingerprint density at radius 2 is 1.80 bits per heavy atom. The lowest BCUT2D eigenvalue weighted by atomic mass is 9.92. The Morgan fingerprint density at radius 3 is 2.27 bits per heavy atom. The van der Waals surface area contributed by atoms with Crippen LogP contribution in [-0.2, 0) is 0 Å². The van der Waals surface area contributed by atoms with E-state index in [1.165, 1.54) is 11.1 Å². The number of aliphatic hydroxyl groups is 1. The number of aryl methyl sites for hydroxylation is 2. The summed E-state index contributed by atoms with van der Waals surface area (Å²) >= 11 is 3.52. The molecule has 3 heteroatoms. The molecule has 2 nitrogen and oxygen atoms in total. The maximum atomic E-state index is 9.16. The highest BCUT2D eigenvalue weighted by molar-refractivity contribution is 9.10. The van der Waals surface area contributed by atoms with Crippen LogP contribution < -0.4 is 4.74 Å². The molecule has 1 N–H and O–H groups in total. The van der Waals surface area contributed by atoms with Gasteiger partial charge in [0.2, 0.25) is 0 Å². The molecule has 0 aromatic heterocycles. The Balaban J connectivity index is 2.09. The molecule has 2 rings (SSSR count). The van der Waals surface area contributed by atoms with Crippen LogP contribution in [0.4, 0.5) is 0 Å². The smallest absolute Gasteiger partial charge is 0.120 e. The van der Waals surface area contributed by atoms with E-state index in [-0.39, 0.29) is 12.2 Å². The average molecular weight is 271 g/mol. The Bertz CT molecular complexity index is 347. The van der Waals surface area contributed by atoms with Crippen molar-refractivity contribution >= 4 is 15.9 Å². The summed E-state index contributed by atoms with van der Waals surface area (Å²) in [5.41, 5.74) is 2.37. The topological polar surface area (TPSA) is 29.5 Å². The van der Waals surface area contributed by atoms with Crippen molar-refractivity contribution in [1.82, 2.24) is 0 Å². The van der Waals surface area contributed by atoms with E-state index in [1.54, 1.807) is 0 Å². The molecule has 1 aliphatic carbocycles. The molecule has 0 spiro atoms. The molecule has 0 amide bonds. The number of hydrogen-bond donors (Lipinski definition) is 1. The van der Waals surface area contributed by atoms with E-state index < -0.39 is 0 Å². The van der Waals surface area contributed by atoms with Crippen LogP contribution in [0, 0.1) is 13.8 Å². The van der Waals surface area contributed by atoms with Gasteiger partial charge in [0.15, 0.2) is 0 Å². The first-order chi connectivity index (χ1) is 7.06. The molecule has 0 saturated heterocycles. The van der Waals surface area contributed by atoms with E-state index in [4.69, 9.17) is 9.84 Å². The summed E-state index contributed by atoms with van der Waals surface area (Å²) in [5, 5.41) is 9.16. The van der Waals surface area contributed by atoms with Gasteiger partial charge in [0, 0.05) is 17.3 Å². The summed E-state index contributed by atoms with van der Waals surface area (Å²) in [4.78, 5) is 0. The Morgan fingerprint density at radius 1 is 1.27 bits per heavy atom. The van der Waals surface area contributed by atoms with Crippen LogP contribution >= 0.6 is 15.9 Å². The molecule has 0 unspecified atom stereocenters. The van der Waals surface area contributed by atoms with Gasteiger partial charge in [0.05, 0.1) is 6.10 Å². The van der Waals surface area contributed by atoms with E-state index in [9.17, 15) is 0 Å². The lowest BCUT2D eigenvalue weighted by Crippen LogP contribution is -2.37. The first-order valence-electron chi connectivity index (χ1n) is 5.17. The van der Waals surface area contributed by atoms with Gasteiger partial charge in [-0.25, -0.2) is 0 Å². The minimum atomic E-state index is -0.160. The molecule has 0 radical (unpaired) electrons. The highest BCUT2D eigenvalue weighted by Gasteiger charge is 2.28. The van der Waals surface area contributed by atoms with E-state index in [0.717, 1.165) is 23.1 Å². The Labute approximate surface area is 98.4 Å². The molecule has 0 atom stereocenters. The third-order valence-corrected chi connectivity index (χ3v) is 4.03. The van der Waals surface area contributed by atoms with Crippen molar-refractivity contribution < 1.29 is 9.84 Å². The molecule has 1 aromatic carbocycles. The second kappa shape index (κ2) is 4.14. The van der Waals surface area contributed by atoms with Gasteiger partial charge < -0.3 is 9.84 Å². The summed E-state index contributed by atoms with van der Waals surface area (Å²) in [6, 6.07) is 4.06. The summed E-state index contributed by atoms with van der Waals surface area (Å²) < 4.78 is 6.90. The highest BCUT2D eigenvalue weighted by Crippen LogP contribution is 2.30. The number of aliphatic hydroxyl groups excluding tert-OH is 1. The molecule has 1 fully saturated rings. The zero-order chi connectivity index (χ0) is 11.0. The number of halogens is 1. The van der Waals surface area contributed by atoms with Crippen LogP contribution in [0.15, 0.2) is 16.6 Å². The molecule has 15 heavy (non-hydrogen) atoms. The molecule has 82 valence electrons. The largest absolute Gasteiger partial charge is 0.490 e. The first-order valence-corrected chi connectivity index (χ1v) is 5.97. The molecule has 1 saturated carbocycles. The first kappa shape index (κ1) is 11.0. The zero-order valence-electron chi connectivity index (χ0n) is 8.96. The van der Waals surface area contributed by atoms with Crippen molar-refractivity contribution in [2.45, 2.75) is 38.9 Å². The van der Waals surface area contributed by atoms with E-state index in [0.29, 0.717) is 0 Å². The monoisotopic (exact) mass is 270 g/mol. The molecule has 0 aliphatic heterocycles. The molecular weight excluding hydrogens is 256 g/mol. The standard InChI is InChI=1S/C12H15BrO2/c1-7-3-10(4-8(2)12(7)13)15-11-5-9(14)6-11/h3-4,9,11,14H,5-6H2,1-2H3/t9-,11-. The summed E-state index contributed by atoms with van der Waals surface area (Å²) in [6.45, 7) is 4.11. The van der Waals surface area contributed by atoms with Crippen LogP contribution in [0.3, 0.4) is 0 Å². The van der Waals surface area contributed by atoms with Crippen molar-refractivity contribution in [3.63, 3.8) is 0 Å². The van der Waals surface area contributed by atoms with Crippen LogP contribution in [0.25, 0.3) is 0 Å². The minimum absolute atomic E-state index is 0.160. The fraction of sp³-hybridized carbons (Fsp3) is 0.500. The predicted octanol–water partition coefficient (Wildman–Crippen LogP) is 2.97. The van der Waals surface area contributed by atoms with Gasteiger partial charge in [-0.05, 0) is 37.1 Å². The second-order valence-corrected chi connectivity index (χ2v) is 5.03. The van der Waals surface area contributed by atoms with E-state index in [1.807, 2.05) is 12.1 Å². The van der Waals surface area contributed by atoms with Gasteiger partial charge in [-0.1, -0.05) is 15.9 Å². The van der Waals surface area contributed by atoms with Gasteiger partial charge in [0.1, 0.15) is 11.9 Å². The van der Waals surface area contributed by atoms with Gasteiger partial charge in [-0.3, -0.25) is 0 Å². The Hall–Kier alpha value is -0.540. The van der Waals surface area contributed by atoms with E-state index >= 15 is 0 Å². The summed E-state index contributed by atoms with van der Waals surface area (Å²) in [5.74, 6) is 0.908. The van der Waals surface area contributed by atoms with Gasteiger partial charge >= 0.3 is 0 Å². The normalized spacial score (nSPS) is 24.8. The average Bonchev–Trinajstić information content (AvgIpc) is 2.11. The zero-order valence-corrected chi connectivity index (χ0v) is 10.5. The third kappa shape index (κ3) is 2.34. The summed E-state index contributed by atoms with van der Waals surface area (Å²) in [7, 11) is 0. The molecule has 0 heterocycles. The lowest BCUT2D eigenvalue weighted by Gasteiger charge is -2.31. The number of hydrogen-bond acceptors (Lipinski definition) is 2. The second-order valence-electron chi connectivity index (χ2n) is 4.24. The van der Waals surface area contributed by atoms with Crippen LogP contribution in [0.1, 0.15) is 24.0 Å². The van der Waals surface area contributed by atoms with Crippen molar-refractivity contribution in [1.29, 1.82) is 0 Å². The maximum Gasteiger partial charge on any atom is 0.120 e. The predicted molar refractivity (Wildman–Crippen MR) is 63.3 cm³/mol. The Kier molecular flexibility index (Phi) is 3.03. The molecule has 0 bridgehead atoms. The third-order valence-electron chi connectivity index (χ3n) is 2.78. The number of ether oxygens (including phenoxy) is 1. The van der Waals surface area contributed by atoms with Crippen LogP contribution in [0.2, 0.25) is 0 Å². The van der Waals surface area contributed by atoms with Crippen molar-refractivity contribution in [2.75, 3.05) is 0 Å². The fourth-order valence-corrected chi connectivity index (χ4v) is 2.03. The van der Waals surface area contributed by atoms with Crippen LogP contribution in [0.5, 0.6) is 5.75 Å². The lowest BCUT2D eigenvalue weighted by molar-refractivity contribution is -0.0108. The SMILES string of the molecule is Cc1cc(O[C@H]2C[C@H](O)C2)cc(C)c1Br. The minimum Gasteiger partial charge on any atom is -0.490 e. The molecule has 1 aliphatic rings. The van der Waals surface area contributed by atoms with Crippen molar-refractivity contribution in [3.8, 4) is 5.75 Å². The number of benzene rings is 1. The quantitative estimate of drug-likeness (QED) is 0.896. The van der Waals surface area contributed by atoms with Gasteiger partial charge in [-0.2, -0.15) is 0 Å². The number of rotatable bonds is 2. The maximum absolute atomic E-state index is 9.16. The molecule has 1 aromatic rings. The van der Waals surface area contributed by atoms with E-state index in [2.05, 4.69) is 29.8 Å². The summed E-state index contributed by atoms with van der Waals surface area (Å²) in [6.07, 6.45) is 1.55. The van der Waals surface area contributed by atoms with Crippen molar-refractivity contribution in [2.24, 2.45) is 0 Å². The highest BCUT2D eigenvalue weighted by atomic mass is 79.9. The van der Waals surface area contributed by atoms with Crippen LogP contribution in [-0.4, -0.2) is 17.3 Å². The fourth-order valence-electron chi connectivity index (χ4n) is 1.80. The van der Waals surface area contributed by atoms with Gasteiger partial charge in [-0.15, -0.1) is 0 Å². The van der Waals surface area contributed by atoms with Crippen molar-refractivity contribution in [3.05, 3.63) is 27.7 Å².